The summed E-state index contributed by atoms with van der Waals surface area (Å²) in [6, 6.07) is 49.4. The summed E-state index contributed by atoms with van der Waals surface area (Å²) >= 11 is 0. The van der Waals surface area contributed by atoms with Crippen molar-refractivity contribution in [1.29, 1.82) is 0 Å². The fourth-order valence-corrected chi connectivity index (χ4v) is 6.93. The molecular formula is C39H28. The SMILES string of the molecule is CC1(C)c2ccccc2-c2ccc(-c3ccccc3-c3ccc4c5ccccc5c5ccccc5c4c3)cc21. The summed E-state index contributed by atoms with van der Waals surface area (Å²) < 4.78 is 0. The maximum atomic E-state index is 2.43. The molecule has 1 aliphatic carbocycles. The van der Waals surface area contributed by atoms with E-state index in [4.69, 9.17) is 0 Å². The topological polar surface area (TPSA) is 0 Å². The van der Waals surface area contributed by atoms with E-state index in [-0.39, 0.29) is 5.41 Å². The fourth-order valence-electron chi connectivity index (χ4n) is 6.93. The zero-order valence-corrected chi connectivity index (χ0v) is 22.2. The number of hydrogen-bond acceptors (Lipinski definition) is 0. The summed E-state index contributed by atoms with van der Waals surface area (Å²) in [4.78, 5) is 0. The molecule has 0 nitrogen and oxygen atoms in total. The first-order valence-electron chi connectivity index (χ1n) is 13.8. The van der Waals surface area contributed by atoms with Gasteiger partial charge in [0, 0.05) is 5.41 Å². The maximum absolute atomic E-state index is 2.43. The standard InChI is InChI=1S/C39H28/c1-39(2)37-18-10-9-17-34(37)35-22-20-26(24-38(35)39)28-12-4-3-11-27(28)25-19-21-33-31-15-6-5-13-29(31)30-14-7-8-16-32(30)36(33)23-25/h3-24H,1-2H3. The first-order chi connectivity index (χ1) is 19.1. The van der Waals surface area contributed by atoms with E-state index >= 15 is 0 Å². The molecule has 0 bridgehead atoms. The smallest absolute Gasteiger partial charge is 0.0159 e. The average Bonchev–Trinajstić information content (AvgIpc) is 3.23. The van der Waals surface area contributed by atoms with Crippen LogP contribution >= 0.6 is 0 Å². The van der Waals surface area contributed by atoms with Crippen LogP contribution in [0.25, 0.3) is 65.7 Å². The van der Waals surface area contributed by atoms with E-state index in [1.54, 1.807) is 0 Å². The largest absolute Gasteiger partial charge is 0.0619 e. The minimum absolute atomic E-state index is 0.0141. The molecule has 0 heterocycles. The van der Waals surface area contributed by atoms with Gasteiger partial charge in [-0.05, 0) is 89.0 Å². The lowest BCUT2D eigenvalue weighted by molar-refractivity contribution is 0.660. The summed E-state index contributed by atoms with van der Waals surface area (Å²) in [6.07, 6.45) is 0. The highest BCUT2D eigenvalue weighted by Crippen LogP contribution is 2.50. The molecule has 0 atom stereocenters. The van der Waals surface area contributed by atoms with Crippen molar-refractivity contribution >= 4 is 32.3 Å². The Hall–Kier alpha value is -4.68. The Morgan fingerprint density at radius 3 is 1.41 bits per heavy atom. The molecule has 8 rings (SSSR count). The number of benzene rings is 7. The molecule has 39 heavy (non-hydrogen) atoms. The van der Waals surface area contributed by atoms with Crippen molar-refractivity contribution in [3.05, 3.63) is 145 Å². The Kier molecular flexibility index (Phi) is 4.67. The zero-order chi connectivity index (χ0) is 26.1. The van der Waals surface area contributed by atoms with E-state index in [9.17, 15) is 0 Å². The van der Waals surface area contributed by atoms with Crippen molar-refractivity contribution < 1.29 is 0 Å². The van der Waals surface area contributed by atoms with Crippen molar-refractivity contribution in [3.63, 3.8) is 0 Å². The van der Waals surface area contributed by atoms with Crippen molar-refractivity contribution in [2.24, 2.45) is 0 Å². The Labute approximate surface area is 229 Å². The minimum Gasteiger partial charge on any atom is -0.0619 e. The van der Waals surface area contributed by atoms with Crippen LogP contribution in [0.15, 0.2) is 133 Å². The van der Waals surface area contributed by atoms with Gasteiger partial charge in [0.1, 0.15) is 0 Å². The third kappa shape index (κ3) is 3.18. The Morgan fingerprint density at radius 1 is 0.333 bits per heavy atom. The van der Waals surface area contributed by atoms with E-state index in [1.807, 2.05) is 0 Å². The van der Waals surface area contributed by atoms with Gasteiger partial charge in [-0.2, -0.15) is 0 Å². The van der Waals surface area contributed by atoms with E-state index < -0.39 is 0 Å². The summed E-state index contributed by atoms with van der Waals surface area (Å²) in [5, 5.41) is 7.86. The van der Waals surface area contributed by atoms with Crippen molar-refractivity contribution in [2.75, 3.05) is 0 Å². The van der Waals surface area contributed by atoms with Crippen LogP contribution in [0.5, 0.6) is 0 Å². The van der Waals surface area contributed by atoms with Gasteiger partial charge in [0.15, 0.2) is 0 Å². The predicted molar refractivity (Wildman–Crippen MR) is 167 cm³/mol. The van der Waals surface area contributed by atoms with Gasteiger partial charge in [0.25, 0.3) is 0 Å². The number of fused-ring (bicyclic) bond motifs is 9. The van der Waals surface area contributed by atoms with Gasteiger partial charge in [0.05, 0.1) is 0 Å². The van der Waals surface area contributed by atoms with Crippen LogP contribution in [0, 0.1) is 0 Å². The quantitative estimate of drug-likeness (QED) is 0.209. The van der Waals surface area contributed by atoms with E-state index in [0.29, 0.717) is 0 Å². The molecule has 0 fully saturated rings. The number of rotatable bonds is 2. The van der Waals surface area contributed by atoms with E-state index in [0.717, 1.165) is 0 Å². The molecule has 0 heteroatoms. The Balaban J connectivity index is 1.34. The van der Waals surface area contributed by atoms with Crippen LogP contribution in [-0.2, 0) is 5.41 Å². The third-order valence-electron chi connectivity index (χ3n) is 8.88. The molecule has 0 spiro atoms. The van der Waals surface area contributed by atoms with Gasteiger partial charge in [-0.15, -0.1) is 0 Å². The predicted octanol–water partition coefficient (Wildman–Crippen LogP) is 10.8. The zero-order valence-electron chi connectivity index (χ0n) is 22.2. The van der Waals surface area contributed by atoms with Crippen LogP contribution < -0.4 is 0 Å². The van der Waals surface area contributed by atoms with E-state index in [2.05, 4.69) is 147 Å². The lowest BCUT2D eigenvalue weighted by Crippen LogP contribution is -2.14. The van der Waals surface area contributed by atoms with Gasteiger partial charge in [0.2, 0.25) is 0 Å². The monoisotopic (exact) mass is 496 g/mol. The van der Waals surface area contributed by atoms with Crippen molar-refractivity contribution in [3.8, 4) is 33.4 Å². The summed E-state index contributed by atoms with van der Waals surface area (Å²) in [5.74, 6) is 0. The molecule has 7 aromatic carbocycles. The second-order valence-electron chi connectivity index (χ2n) is 11.3. The molecule has 0 radical (unpaired) electrons. The highest BCUT2D eigenvalue weighted by atomic mass is 14.4. The van der Waals surface area contributed by atoms with Crippen LogP contribution in [0.4, 0.5) is 0 Å². The van der Waals surface area contributed by atoms with Crippen molar-refractivity contribution in [2.45, 2.75) is 19.3 Å². The molecule has 184 valence electrons. The average molecular weight is 497 g/mol. The first kappa shape index (κ1) is 22.3. The van der Waals surface area contributed by atoms with Gasteiger partial charge >= 0.3 is 0 Å². The molecule has 0 aromatic heterocycles. The highest BCUT2D eigenvalue weighted by molar-refractivity contribution is 6.25. The normalized spacial score (nSPS) is 13.6. The molecule has 0 saturated carbocycles. The Morgan fingerprint density at radius 2 is 0.769 bits per heavy atom. The van der Waals surface area contributed by atoms with E-state index in [1.165, 1.54) is 76.8 Å². The molecule has 0 N–H and O–H groups in total. The molecule has 0 amide bonds. The lowest BCUT2D eigenvalue weighted by Gasteiger charge is -2.22. The lowest BCUT2D eigenvalue weighted by atomic mass is 9.81. The molecule has 7 aromatic rings. The maximum Gasteiger partial charge on any atom is 0.0159 e. The van der Waals surface area contributed by atoms with Gasteiger partial charge in [-0.3, -0.25) is 0 Å². The molecular weight excluding hydrogens is 468 g/mol. The van der Waals surface area contributed by atoms with Gasteiger partial charge in [-0.25, -0.2) is 0 Å². The minimum atomic E-state index is -0.0141. The molecule has 0 unspecified atom stereocenters. The van der Waals surface area contributed by atoms with Gasteiger partial charge < -0.3 is 0 Å². The second kappa shape index (κ2) is 8.16. The van der Waals surface area contributed by atoms with Crippen LogP contribution in [0.2, 0.25) is 0 Å². The highest BCUT2D eigenvalue weighted by Gasteiger charge is 2.35. The van der Waals surface area contributed by atoms with Crippen LogP contribution in [0.3, 0.4) is 0 Å². The second-order valence-corrected chi connectivity index (χ2v) is 11.3. The molecule has 1 aliphatic rings. The summed E-state index contributed by atoms with van der Waals surface area (Å²) in [6.45, 7) is 4.71. The third-order valence-corrected chi connectivity index (χ3v) is 8.88. The number of hydrogen-bond donors (Lipinski definition) is 0. The Bertz CT molecular complexity index is 2060. The van der Waals surface area contributed by atoms with Gasteiger partial charge in [-0.1, -0.05) is 135 Å². The first-order valence-corrected chi connectivity index (χ1v) is 13.8. The summed E-state index contributed by atoms with van der Waals surface area (Å²) in [5.41, 5.74) is 10.6. The van der Waals surface area contributed by atoms with Crippen LogP contribution in [0.1, 0.15) is 25.0 Å². The van der Waals surface area contributed by atoms with Crippen LogP contribution in [-0.4, -0.2) is 0 Å². The molecule has 0 saturated heterocycles. The fraction of sp³-hybridized carbons (Fsp3) is 0.0769. The summed E-state index contributed by atoms with van der Waals surface area (Å²) in [7, 11) is 0. The molecule has 0 aliphatic heterocycles. The van der Waals surface area contributed by atoms with Crippen molar-refractivity contribution in [1.82, 2.24) is 0 Å².